The largest absolute Gasteiger partial charge is 0.478 e. The van der Waals surface area contributed by atoms with Crippen LogP contribution in [0.3, 0.4) is 0 Å². The lowest BCUT2D eigenvalue weighted by Crippen LogP contribution is -2.09. The lowest BCUT2D eigenvalue weighted by Gasteiger charge is -1.83. The van der Waals surface area contributed by atoms with E-state index < -0.39 is 5.97 Å². The number of amides is 1. The second-order valence-corrected chi connectivity index (χ2v) is 1.22. The SMILES string of the molecule is O=[C]NCC=CC(=O)O. The first-order valence-corrected chi connectivity index (χ1v) is 2.27. The fourth-order valence-corrected chi connectivity index (χ4v) is 0.260. The molecule has 1 amide bonds. The molecule has 0 aliphatic rings. The molecule has 0 aromatic rings. The summed E-state index contributed by atoms with van der Waals surface area (Å²) < 4.78 is 0. The van der Waals surface area contributed by atoms with Gasteiger partial charge >= 0.3 is 12.4 Å². The highest BCUT2D eigenvalue weighted by Crippen LogP contribution is 1.68. The molecule has 0 atom stereocenters. The van der Waals surface area contributed by atoms with Gasteiger partial charge in [0.05, 0.1) is 0 Å². The Morgan fingerprint density at radius 2 is 2.44 bits per heavy atom. The number of aliphatic carboxylic acids is 1. The number of hydrogen-bond donors (Lipinski definition) is 2. The molecule has 49 valence electrons. The van der Waals surface area contributed by atoms with Gasteiger partial charge < -0.3 is 10.4 Å². The molecule has 0 spiro atoms. The van der Waals surface area contributed by atoms with Gasteiger partial charge in [-0.15, -0.1) is 0 Å². The second kappa shape index (κ2) is 4.83. The van der Waals surface area contributed by atoms with Crippen LogP contribution in [-0.4, -0.2) is 24.0 Å². The Balaban J connectivity index is 3.24. The third-order valence-corrected chi connectivity index (χ3v) is 0.553. The number of hydrogen-bond acceptors (Lipinski definition) is 2. The maximum Gasteiger partial charge on any atom is 0.328 e. The minimum absolute atomic E-state index is 0.204. The van der Waals surface area contributed by atoms with E-state index in [0.717, 1.165) is 6.08 Å². The van der Waals surface area contributed by atoms with Crippen LogP contribution in [0.1, 0.15) is 0 Å². The first kappa shape index (κ1) is 7.68. The molecule has 4 nitrogen and oxygen atoms in total. The highest BCUT2D eigenvalue weighted by molar-refractivity contribution is 5.79. The van der Waals surface area contributed by atoms with Gasteiger partial charge in [-0.05, 0) is 0 Å². The lowest BCUT2D eigenvalue weighted by atomic mass is 10.5. The van der Waals surface area contributed by atoms with E-state index in [9.17, 15) is 9.59 Å². The van der Waals surface area contributed by atoms with Crippen molar-refractivity contribution in [2.75, 3.05) is 6.54 Å². The molecule has 0 aliphatic heterocycles. The summed E-state index contributed by atoms with van der Waals surface area (Å²) in [5, 5.41) is 10.1. The van der Waals surface area contributed by atoms with Gasteiger partial charge in [0.2, 0.25) is 0 Å². The predicted molar refractivity (Wildman–Crippen MR) is 30.5 cm³/mol. The van der Waals surface area contributed by atoms with Crippen LogP contribution in [0.2, 0.25) is 0 Å². The van der Waals surface area contributed by atoms with Gasteiger partial charge in [-0.25, -0.2) is 4.79 Å². The predicted octanol–water partition coefficient (Wildman–Crippen LogP) is -0.716. The summed E-state index contributed by atoms with van der Waals surface area (Å²) in [6.45, 7) is 0.204. The molecule has 0 saturated carbocycles. The Kier molecular flexibility index (Phi) is 4.12. The zero-order valence-electron chi connectivity index (χ0n) is 4.63. The Morgan fingerprint density at radius 3 is 2.89 bits per heavy atom. The van der Waals surface area contributed by atoms with Gasteiger partial charge in [0.15, 0.2) is 0 Å². The van der Waals surface area contributed by atoms with Crippen molar-refractivity contribution < 1.29 is 14.7 Å². The van der Waals surface area contributed by atoms with E-state index in [1.54, 1.807) is 0 Å². The van der Waals surface area contributed by atoms with Crippen LogP contribution in [0.5, 0.6) is 0 Å². The highest BCUT2D eigenvalue weighted by Gasteiger charge is 1.82. The van der Waals surface area contributed by atoms with Gasteiger partial charge in [-0.1, -0.05) is 6.08 Å². The molecular weight excluding hydrogens is 122 g/mol. The Labute approximate surface area is 52.2 Å². The minimum Gasteiger partial charge on any atom is -0.478 e. The lowest BCUT2D eigenvalue weighted by molar-refractivity contribution is -0.131. The Bertz CT molecular complexity index is 130. The maximum absolute atomic E-state index is 9.75. The number of rotatable bonds is 4. The summed E-state index contributed by atoms with van der Waals surface area (Å²) in [5.41, 5.74) is 0. The molecule has 0 unspecified atom stereocenters. The second-order valence-electron chi connectivity index (χ2n) is 1.22. The van der Waals surface area contributed by atoms with Crippen LogP contribution >= 0.6 is 0 Å². The molecule has 0 bridgehead atoms. The van der Waals surface area contributed by atoms with Crippen LogP contribution in [-0.2, 0) is 9.59 Å². The maximum atomic E-state index is 9.75. The monoisotopic (exact) mass is 128 g/mol. The van der Waals surface area contributed by atoms with Gasteiger partial charge in [-0.3, -0.25) is 4.79 Å². The van der Waals surface area contributed by atoms with Crippen LogP contribution in [0, 0.1) is 0 Å². The molecule has 0 heterocycles. The van der Waals surface area contributed by atoms with Gasteiger partial charge in [0, 0.05) is 12.6 Å². The molecule has 0 rings (SSSR count). The fraction of sp³-hybridized carbons (Fsp3) is 0.200. The van der Waals surface area contributed by atoms with Crippen molar-refractivity contribution in [1.29, 1.82) is 0 Å². The average molecular weight is 128 g/mol. The van der Waals surface area contributed by atoms with Gasteiger partial charge in [0.1, 0.15) is 0 Å². The van der Waals surface area contributed by atoms with E-state index in [1.807, 2.05) is 0 Å². The van der Waals surface area contributed by atoms with Gasteiger partial charge in [0.25, 0.3) is 0 Å². The molecule has 2 N–H and O–H groups in total. The van der Waals surface area contributed by atoms with Crippen molar-refractivity contribution in [2.45, 2.75) is 0 Å². The van der Waals surface area contributed by atoms with Crippen LogP contribution < -0.4 is 5.32 Å². The van der Waals surface area contributed by atoms with Crippen molar-refractivity contribution in [2.24, 2.45) is 0 Å². The van der Waals surface area contributed by atoms with Crippen molar-refractivity contribution in [3.8, 4) is 0 Å². The average Bonchev–Trinajstić information content (AvgIpc) is 1.80. The van der Waals surface area contributed by atoms with Crippen LogP contribution in [0.25, 0.3) is 0 Å². The highest BCUT2D eigenvalue weighted by atomic mass is 16.4. The number of carbonyl (C=O) groups excluding carboxylic acids is 1. The Hall–Kier alpha value is -1.32. The molecule has 0 fully saturated rings. The van der Waals surface area contributed by atoms with E-state index in [0.29, 0.717) is 0 Å². The van der Waals surface area contributed by atoms with Crippen LogP contribution in [0.15, 0.2) is 12.2 Å². The van der Waals surface area contributed by atoms with Crippen molar-refractivity contribution in [1.82, 2.24) is 5.32 Å². The van der Waals surface area contributed by atoms with E-state index in [1.165, 1.54) is 12.5 Å². The number of carboxylic acids is 1. The quantitative estimate of drug-likeness (QED) is 0.298. The molecular formula is C5H6NO3. The zero-order valence-corrected chi connectivity index (χ0v) is 4.63. The minimum atomic E-state index is -1.03. The van der Waals surface area contributed by atoms with Crippen LogP contribution in [0.4, 0.5) is 0 Å². The zero-order chi connectivity index (χ0) is 7.11. The Morgan fingerprint density at radius 1 is 1.78 bits per heavy atom. The molecule has 0 aromatic heterocycles. The number of nitrogens with one attached hydrogen (secondary N) is 1. The van der Waals surface area contributed by atoms with Gasteiger partial charge in [-0.2, -0.15) is 0 Å². The molecule has 1 radical (unpaired) electrons. The third kappa shape index (κ3) is 6.68. The standard InChI is InChI=1S/C5H6NO3/c7-4-6-3-1-2-5(8)9/h1-2H,3H2,(H,6,7)(H,8,9). The summed E-state index contributed by atoms with van der Waals surface area (Å²) in [5.74, 6) is -1.03. The first-order chi connectivity index (χ1) is 4.27. The van der Waals surface area contributed by atoms with E-state index in [2.05, 4.69) is 5.32 Å². The van der Waals surface area contributed by atoms with E-state index in [-0.39, 0.29) is 6.54 Å². The van der Waals surface area contributed by atoms with Crippen molar-refractivity contribution >= 4 is 12.4 Å². The molecule has 4 heteroatoms. The molecule has 0 aromatic carbocycles. The van der Waals surface area contributed by atoms with Crippen molar-refractivity contribution in [3.05, 3.63) is 12.2 Å². The fourth-order valence-electron chi connectivity index (χ4n) is 0.260. The summed E-state index contributed by atoms with van der Waals surface area (Å²) in [6, 6.07) is 0. The normalized spacial score (nSPS) is 9.33. The number of carbonyl (C=O) groups is 1. The van der Waals surface area contributed by atoms with E-state index in [4.69, 9.17) is 5.11 Å². The summed E-state index contributed by atoms with van der Waals surface area (Å²) >= 11 is 0. The van der Waals surface area contributed by atoms with E-state index >= 15 is 0 Å². The van der Waals surface area contributed by atoms with Crippen molar-refractivity contribution in [3.63, 3.8) is 0 Å². The first-order valence-electron chi connectivity index (χ1n) is 2.27. The third-order valence-electron chi connectivity index (χ3n) is 0.553. The smallest absolute Gasteiger partial charge is 0.328 e. The summed E-state index contributed by atoms with van der Waals surface area (Å²) in [6.07, 6.45) is 3.66. The topological polar surface area (TPSA) is 66.4 Å². The molecule has 0 saturated heterocycles. The summed E-state index contributed by atoms with van der Waals surface area (Å²) in [4.78, 5) is 19.2. The number of carboxylic acid groups (broad SMARTS) is 1. The molecule has 0 aliphatic carbocycles. The molecule has 9 heavy (non-hydrogen) atoms. The summed E-state index contributed by atoms with van der Waals surface area (Å²) in [7, 11) is 0.